The monoisotopic (exact) mass is 340 g/mol. The van der Waals surface area contributed by atoms with Crippen LogP contribution in [0, 0.1) is 0 Å². The first-order valence-electron chi connectivity index (χ1n) is 9.70. The molecule has 0 amide bonds. The van der Waals surface area contributed by atoms with Crippen LogP contribution in [0.4, 0.5) is 0 Å². The van der Waals surface area contributed by atoms with Crippen LogP contribution in [0.2, 0.25) is 0 Å². The maximum absolute atomic E-state index is 9.79. The fourth-order valence-corrected chi connectivity index (χ4v) is 5.19. The molecule has 0 radical (unpaired) electrons. The van der Waals surface area contributed by atoms with Crippen LogP contribution in [-0.2, 0) is 23.7 Å². The fraction of sp³-hybridized carbons (Fsp3) is 1.00. The summed E-state index contributed by atoms with van der Waals surface area (Å²) in [4.78, 5) is 0. The summed E-state index contributed by atoms with van der Waals surface area (Å²) in [5.41, 5.74) is 0. The molecule has 0 aromatic carbocycles. The standard InChI is InChI=1S/C18H28O6/c19-11-12-13-14(22-17(21-13)7-3-1-4-8-17)15-16(20-12)24-18(23-15)9-5-2-6-10-18/h12-16,19H,1-11H2/t12-,13+,14+,15-,16?/m1/s1. The highest BCUT2D eigenvalue weighted by atomic mass is 16.9. The molecule has 6 heteroatoms. The minimum atomic E-state index is -0.520. The molecular formula is C18H28O6. The highest BCUT2D eigenvalue weighted by Gasteiger charge is 2.63. The second kappa shape index (κ2) is 5.89. The topological polar surface area (TPSA) is 66.4 Å². The van der Waals surface area contributed by atoms with Gasteiger partial charge in [0.15, 0.2) is 17.9 Å². The summed E-state index contributed by atoms with van der Waals surface area (Å²) < 4.78 is 31.4. The molecule has 0 aromatic rings. The van der Waals surface area contributed by atoms with Crippen LogP contribution in [0.15, 0.2) is 0 Å². The van der Waals surface area contributed by atoms with E-state index in [1.54, 1.807) is 0 Å². The van der Waals surface area contributed by atoms with Crippen molar-refractivity contribution in [3.63, 3.8) is 0 Å². The number of fused-ring (bicyclic) bond motifs is 3. The van der Waals surface area contributed by atoms with Crippen molar-refractivity contribution < 1.29 is 28.8 Å². The Morgan fingerprint density at radius 1 is 0.667 bits per heavy atom. The zero-order valence-electron chi connectivity index (χ0n) is 14.2. The molecule has 3 saturated heterocycles. The Morgan fingerprint density at radius 3 is 1.83 bits per heavy atom. The number of aliphatic hydroxyl groups excluding tert-OH is 1. The normalized spacial score (nSPS) is 46.1. The summed E-state index contributed by atoms with van der Waals surface area (Å²) in [6.07, 6.45) is 9.04. The van der Waals surface area contributed by atoms with Gasteiger partial charge in [0.1, 0.15) is 24.4 Å². The Hall–Kier alpha value is -0.240. The third-order valence-electron chi connectivity index (χ3n) is 6.39. The summed E-state index contributed by atoms with van der Waals surface area (Å²) >= 11 is 0. The van der Waals surface area contributed by atoms with Gasteiger partial charge in [-0.3, -0.25) is 0 Å². The molecule has 5 aliphatic rings. The predicted octanol–water partition coefficient (Wildman–Crippen LogP) is 2.22. The van der Waals surface area contributed by atoms with Gasteiger partial charge in [0.25, 0.3) is 0 Å². The molecule has 5 fully saturated rings. The summed E-state index contributed by atoms with van der Waals surface area (Å²) in [7, 11) is 0. The number of hydrogen-bond acceptors (Lipinski definition) is 6. The molecule has 5 rings (SSSR count). The molecule has 0 aromatic heterocycles. The molecule has 136 valence electrons. The Balaban J connectivity index is 1.40. The first kappa shape index (κ1) is 16.0. The lowest BCUT2D eigenvalue weighted by Crippen LogP contribution is -2.56. The molecule has 3 heterocycles. The van der Waals surface area contributed by atoms with Crippen molar-refractivity contribution >= 4 is 0 Å². The molecule has 2 spiro atoms. The zero-order chi connectivity index (χ0) is 16.2. The van der Waals surface area contributed by atoms with Crippen molar-refractivity contribution in [2.45, 2.75) is 106 Å². The quantitative estimate of drug-likeness (QED) is 0.789. The van der Waals surface area contributed by atoms with Crippen LogP contribution < -0.4 is 0 Å². The number of ether oxygens (including phenoxy) is 5. The maximum Gasteiger partial charge on any atom is 0.190 e. The Morgan fingerprint density at radius 2 is 1.21 bits per heavy atom. The van der Waals surface area contributed by atoms with Crippen molar-refractivity contribution in [3.8, 4) is 0 Å². The highest BCUT2D eigenvalue weighted by molar-refractivity contribution is 5.02. The van der Waals surface area contributed by atoms with Gasteiger partial charge in [-0.15, -0.1) is 0 Å². The van der Waals surface area contributed by atoms with Crippen molar-refractivity contribution in [2.24, 2.45) is 0 Å². The van der Waals surface area contributed by atoms with E-state index in [4.69, 9.17) is 23.7 Å². The molecule has 24 heavy (non-hydrogen) atoms. The van der Waals surface area contributed by atoms with Gasteiger partial charge in [0, 0.05) is 25.7 Å². The fourth-order valence-electron chi connectivity index (χ4n) is 5.19. The third kappa shape index (κ3) is 2.46. The SMILES string of the molecule is OC[C@H]1OC2OC3(CCCCC3)O[C@@H]2[C@H]2OC3(CCCCC3)O[C@H]21. The third-order valence-corrected chi connectivity index (χ3v) is 6.39. The van der Waals surface area contributed by atoms with Crippen LogP contribution >= 0.6 is 0 Å². The van der Waals surface area contributed by atoms with E-state index in [-0.39, 0.29) is 24.9 Å². The minimum absolute atomic E-state index is 0.0831. The number of hydrogen-bond donors (Lipinski definition) is 1. The van der Waals surface area contributed by atoms with Crippen LogP contribution in [-0.4, -0.2) is 54.0 Å². The van der Waals surface area contributed by atoms with E-state index in [2.05, 4.69) is 0 Å². The maximum atomic E-state index is 9.79. The summed E-state index contributed by atoms with van der Waals surface area (Å²) in [6.45, 7) is -0.0831. The van der Waals surface area contributed by atoms with E-state index in [1.165, 1.54) is 12.8 Å². The van der Waals surface area contributed by atoms with Gasteiger partial charge in [-0.1, -0.05) is 12.8 Å². The molecular weight excluding hydrogens is 312 g/mol. The predicted molar refractivity (Wildman–Crippen MR) is 83.1 cm³/mol. The van der Waals surface area contributed by atoms with Crippen molar-refractivity contribution in [2.75, 3.05) is 6.61 Å². The van der Waals surface area contributed by atoms with E-state index < -0.39 is 24.0 Å². The van der Waals surface area contributed by atoms with Crippen molar-refractivity contribution in [3.05, 3.63) is 0 Å². The van der Waals surface area contributed by atoms with Gasteiger partial charge in [0.2, 0.25) is 0 Å². The van der Waals surface area contributed by atoms with Crippen LogP contribution in [0.5, 0.6) is 0 Å². The number of aliphatic hydroxyl groups is 1. The lowest BCUT2D eigenvalue weighted by Gasteiger charge is -2.36. The van der Waals surface area contributed by atoms with Gasteiger partial charge in [-0.2, -0.15) is 0 Å². The molecule has 3 aliphatic heterocycles. The second-order valence-corrected chi connectivity index (χ2v) is 8.03. The Labute approximate surface area is 142 Å². The van der Waals surface area contributed by atoms with Crippen molar-refractivity contribution in [1.82, 2.24) is 0 Å². The lowest BCUT2D eigenvalue weighted by molar-refractivity contribution is -0.254. The molecule has 1 unspecified atom stereocenters. The van der Waals surface area contributed by atoms with Gasteiger partial charge < -0.3 is 28.8 Å². The smallest absolute Gasteiger partial charge is 0.190 e. The van der Waals surface area contributed by atoms with E-state index in [0.29, 0.717) is 0 Å². The first-order valence-corrected chi connectivity index (χ1v) is 9.70. The molecule has 2 saturated carbocycles. The van der Waals surface area contributed by atoms with Gasteiger partial charge in [0.05, 0.1) is 6.61 Å². The minimum Gasteiger partial charge on any atom is -0.394 e. The molecule has 5 atom stereocenters. The molecule has 6 nitrogen and oxygen atoms in total. The van der Waals surface area contributed by atoms with Gasteiger partial charge >= 0.3 is 0 Å². The second-order valence-electron chi connectivity index (χ2n) is 8.03. The van der Waals surface area contributed by atoms with E-state index in [1.807, 2.05) is 0 Å². The lowest BCUT2D eigenvalue weighted by atomic mass is 9.94. The van der Waals surface area contributed by atoms with Crippen LogP contribution in [0.1, 0.15) is 64.2 Å². The van der Waals surface area contributed by atoms with Crippen LogP contribution in [0.3, 0.4) is 0 Å². The zero-order valence-corrected chi connectivity index (χ0v) is 14.2. The van der Waals surface area contributed by atoms with E-state index in [0.717, 1.165) is 51.4 Å². The van der Waals surface area contributed by atoms with Crippen molar-refractivity contribution in [1.29, 1.82) is 0 Å². The summed E-state index contributed by atoms with van der Waals surface area (Å²) in [5.74, 6) is -1.03. The molecule has 1 N–H and O–H groups in total. The first-order chi connectivity index (χ1) is 11.7. The molecule has 0 bridgehead atoms. The average molecular weight is 340 g/mol. The largest absolute Gasteiger partial charge is 0.394 e. The average Bonchev–Trinajstić information content (AvgIpc) is 3.14. The van der Waals surface area contributed by atoms with Gasteiger partial charge in [-0.25, -0.2) is 0 Å². The Bertz CT molecular complexity index is 470. The van der Waals surface area contributed by atoms with E-state index >= 15 is 0 Å². The molecule has 2 aliphatic carbocycles. The van der Waals surface area contributed by atoms with Crippen LogP contribution in [0.25, 0.3) is 0 Å². The summed E-state index contributed by atoms with van der Waals surface area (Å²) in [6, 6.07) is 0. The number of rotatable bonds is 1. The Kier molecular flexibility index (Phi) is 3.92. The highest BCUT2D eigenvalue weighted by Crippen LogP contribution is 2.50. The van der Waals surface area contributed by atoms with E-state index in [9.17, 15) is 5.11 Å². The summed E-state index contributed by atoms with van der Waals surface area (Å²) in [5, 5.41) is 9.79. The van der Waals surface area contributed by atoms with Gasteiger partial charge in [-0.05, 0) is 25.7 Å².